The number of rotatable bonds is 7. The topological polar surface area (TPSA) is 138 Å². The second-order valence-electron chi connectivity index (χ2n) is 8.37. The van der Waals surface area contributed by atoms with E-state index in [2.05, 4.69) is 25.6 Å². The third-order valence-electron chi connectivity index (χ3n) is 6.28. The average molecular weight is 497 g/mol. The summed E-state index contributed by atoms with van der Waals surface area (Å²) in [6.07, 6.45) is 2.75. The number of nitrogens with zero attached hydrogens (tertiary/aromatic N) is 9. The van der Waals surface area contributed by atoms with Gasteiger partial charge in [-0.3, -0.25) is 4.90 Å². The molecular weight excluding hydrogens is 476 g/mol. The van der Waals surface area contributed by atoms with Crippen LogP contribution in [0.25, 0.3) is 5.69 Å². The molecule has 5 rings (SSSR count). The SMILES string of the molecule is C[C@@H](N1C[C@H](O)N(c2ccc(-n3cnnn3)cc2)C1=O)[C@](O)(Cn1cncn1)c1ccc(F)cc1F. The standard InChI is InChI=1S/C22H21F2N9O3/c1-14(22(36,10-30-12-25-11-27-30)18-7-2-15(23)8-19(18)24)31-9-20(34)33(21(31)35)17-5-3-16(4-6-17)32-13-26-28-29-32/h2-8,11-14,20,34,36H,9-10H2,1H3/t14-,20+,22-/m1/s1. The Bertz CT molecular complexity index is 1350. The first-order valence-corrected chi connectivity index (χ1v) is 10.9. The van der Waals surface area contributed by atoms with Crippen molar-refractivity contribution in [3.8, 4) is 5.69 Å². The van der Waals surface area contributed by atoms with Crippen LogP contribution in [0.1, 0.15) is 12.5 Å². The summed E-state index contributed by atoms with van der Waals surface area (Å²) >= 11 is 0. The number of carbonyl (C=O) groups excluding carboxylic acids is 1. The summed E-state index contributed by atoms with van der Waals surface area (Å²) in [5.74, 6) is -1.79. The molecule has 2 N–H and O–H groups in total. The Hall–Kier alpha value is -4.30. The number of aromatic nitrogens is 7. The lowest BCUT2D eigenvalue weighted by Gasteiger charge is -2.39. The van der Waals surface area contributed by atoms with E-state index in [1.807, 2.05) is 0 Å². The van der Waals surface area contributed by atoms with Crippen LogP contribution in [0.2, 0.25) is 0 Å². The van der Waals surface area contributed by atoms with Gasteiger partial charge < -0.3 is 15.1 Å². The fraction of sp³-hybridized carbons (Fsp3) is 0.273. The van der Waals surface area contributed by atoms with Gasteiger partial charge in [0.1, 0.15) is 36.2 Å². The Morgan fingerprint density at radius 2 is 1.89 bits per heavy atom. The summed E-state index contributed by atoms with van der Waals surface area (Å²) in [5, 5.41) is 37.5. The van der Waals surface area contributed by atoms with Crippen molar-refractivity contribution in [3.05, 3.63) is 78.6 Å². The third kappa shape index (κ3) is 4.05. The van der Waals surface area contributed by atoms with E-state index in [1.165, 1.54) is 40.2 Å². The number of hydrogen-bond donors (Lipinski definition) is 2. The van der Waals surface area contributed by atoms with E-state index in [-0.39, 0.29) is 18.7 Å². The number of anilines is 1. The summed E-state index contributed by atoms with van der Waals surface area (Å²) in [6.45, 7) is 1.07. The lowest BCUT2D eigenvalue weighted by molar-refractivity contribution is -0.0506. The Labute approximate surface area is 203 Å². The minimum Gasteiger partial charge on any atom is -0.381 e. The second-order valence-corrected chi connectivity index (χ2v) is 8.37. The highest BCUT2D eigenvalue weighted by molar-refractivity contribution is 5.95. The van der Waals surface area contributed by atoms with E-state index in [0.717, 1.165) is 17.0 Å². The molecule has 1 aliphatic rings. The van der Waals surface area contributed by atoms with Crippen LogP contribution >= 0.6 is 0 Å². The van der Waals surface area contributed by atoms with Gasteiger partial charge in [-0.25, -0.2) is 27.9 Å². The van der Waals surface area contributed by atoms with E-state index >= 15 is 0 Å². The smallest absolute Gasteiger partial charge is 0.327 e. The van der Waals surface area contributed by atoms with Gasteiger partial charge in [-0.1, -0.05) is 6.07 Å². The van der Waals surface area contributed by atoms with E-state index in [1.54, 1.807) is 24.3 Å². The fourth-order valence-electron chi connectivity index (χ4n) is 4.36. The zero-order valence-corrected chi connectivity index (χ0v) is 18.9. The first-order chi connectivity index (χ1) is 17.3. The van der Waals surface area contributed by atoms with Gasteiger partial charge in [0.2, 0.25) is 0 Å². The molecule has 1 aliphatic heterocycles. The van der Waals surface area contributed by atoms with Gasteiger partial charge in [0.25, 0.3) is 0 Å². The molecule has 0 aliphatic carbocycles. The zero-order chi connectivity index (χ0) is 25.4. The van der Waals surface area contributed by atoms with Crippen molar-refractivity contribution in [3.63, 3.8) is 0 Å². The molecule has 12 nitrogen and oxygen atoms in total. The highest BCUT2D eigenvalue weighted by Gasteiger charge is 2.48. The van der Waals surface area contributed by atoms with Crippen LogP contribution in [0.5, 0.6) is 0 Å². The minimum absolute atomic E-state index is 0.169. The quantitative estimate of drug-likeness (QED) is 0.387. The van der Waals surface area contributed by atoms with Crippen molar-refractivity contribution >= 4 is 11.7 Å². The maximum Gasteiger partial charge on any atom is 0.327 e. The molecule has 0 spiro atoms. The second kappa shape index (κ2) is 9.05. The highest BCUT2D eigenvalue weighted by Crippen LogP contribution is 2.36. The van der Waals surface area contributed by atoms with Gasteiger partial charge in [0.15, 0.2) is 6.23 Å². The Morgan fingerprint density at radius 1 is 1.14 bits per heavy atom. The predicted molar refractivity (Wildman–Crippen MR) is 119 cm³/mol. The molecule has 14 heteroatoms. The number of urea groups is 1. The van der Waals surface area contributed by atoms with Crippen molar-refractivity contribution in [1.82, 2.24) is 39.9 Å². The molecule has 0 bridgehead atoms. The van der Waals surface area contributed by atoms with Crippen LogP contribution in [0.3, 0.4) is 0 Å². The molecule has 0 saturated carbocycles. The van der Waals surface area contributed by atoms with Crippen molar-refractivity contribution < 1.29 is 23.8 Å². The van der Waals surface area contributed by atoms with Gasteiger partial charge in [0.05, 0.1) is 24.8 Å². The molecule has 2 amide bonds. The number of hydrogen-bond acceptors (Lipinski definition) is 8. The summed E-state index contributed by atoms with van der Waals surface area (Å²) in [4.78, 5) is 19.7. The van der Waals surface area contributed by atoms with Crippen molar-refractivity contribution in [2.45, 2.75) is 31.3 Å². The maximum absolute atomic E-state index is 14.9. The predicted octanol–water partition coefficient (Wildman–Crippen LogP) is 1.07. The van der Waals surface area contributed by atoms with Gasteiger partial charge in [-0.05, 0) is 47.7 Å². The monoisotopic (exact) mass is 497 g/mol. The van der Waals surface area contributed by atoms with E-state index < -0.39 is 35.5 Å². The van der Waals surface area contributed by atoms with Crippen molar-refractivity contribution in [1.29, 1.82) is 0 Å². The summed E-state index contributed by atoms with van der Waals surface area (Å²) in [6, 6.07) is 7.73. The number of aliphatic hydroxyl groups excluding tert-OH is 1. The minimum atomic E-state index is -2.04. The molecule has 0 unspecified atom stereocenters. The first kappa shape index (κ1) is 23.4. The molecule has 2 aromatic heterocycles. The Kier molecular flexibility index (Phi) is 5.89. The largest absolute Gasteiger partial charge is 0.381 e. The molecular formula is C22H21F2N9O3. The van der Waals surface area contributed by atoms with E-state index in [9.17, 15) is 23.8 Å². The molecule has 186 valence electrons. The Balaban J connectivity index is 1.46. The zero-order valence-electron chi connectivity index (χ0n) is 18.9. The average Bonchev–Trinajstić information content (AvgIpc) is 3.61. The number of carbonyl (C=O) groups is 1. The van der Waals surface area contributed by atoms with Crippen LogP contribution in [-0.4, -0.2) is 74.9 Å². The van der Waals surface area contributed by atoms with Gasteiger partial charge in [-0.2, -0.15) is 5.10 Å². The number of aliphatic hydroxyl groups is 2. The van der Waals surface area contributed by atoms with Crippen LogP contribution < -0.4 is 4.90 Å². The fourth-order valence-corrected chi connectivity index (χ4v) is 4.36. The Morgan fingerprint density at radius 3 is 2.53 bits per heavy atom. The molecule has 3 atom stereocenters. The molecule has 0 radical (unpaired) electrons. The van der Waals surface area contributed by atoms with Crippen LogP contribution in [0, 0.1) is 11.6 Å². The lowest BCUT2D eigenvalue weighted by Crippen LogP contribution is -2.53. The molecule has 2 aromatic carbocycles. The number of tetrazole rings is 1. The number of β-amino-alcohol motifs (C(OH)–C–C–N with tert-alkyl or cyclic N) is 1. The first-order valence-electron chi connectivity index (χ1n) is 10.9. The van der Waals surface area contributed by atoms with E-state index in [0.29, 0.717) is 17.4 Å². The number of benzene rings is 2. The molecule has 3 heterocycles. The lowest BCUT2D eigenvalue weighted by atomic mass is 9.85. The summed E-state index contributed by atoms with van der Waals surface area (Å²) < 4.78 is 31.2. The summed E-state index contributed by atoms with van der Waals surface area (Å²) in [5.41, 5.74) is -1.23. The highest BCUT2D eigenvalue weighted by atomic mass is 19.1. The number of amides is 2. The molecule has 1 fully saturated rings. The molecule has 4 aromatic rings. The molecule has 36 heavy (non-hydrogen) atoms. The van der Waals surface area contributed by atoms with Crippen LogP contribution in [-0.2, 0) is 12.1 Å². The van der Waals surface area contributed by atoms with Gasteiger partial charge >= 0.3 is 6.03 Å². The van der Waals surface area contributed by atoms with E-state index in [4.69, 9.17) is 0 Å². The summed E-state index contributed by atoms with van der Waals surface area (Å²) in [7, 11) is 0. The van der Waals surface area contributed by atoms with Crippen molar-refractivity contribution in [2.75, 3.05) is 11.4 Å². The number of halogens is 2. The van der Waals surface area contributed by atoms with Gasteiger partial charge in [0, 0.05) is 17.3 Å². The van der Waals surface area contributed by atoms with Crippen molar-refractivity contribution in [2.24, 2.45) is 0 Å². The normalized spacial score (nSPS) is 18.5. The van der Waals surface area contributed by atoms with Crippen LogP contribution in [0.4, 0.5) is 19.3 Å². The maximum atomic E-state index is 14.9. The van der Waals surface area contributed by atoms with Crippen LogP contribution in [0.15, 0.2) is 61.4 Å². The van der Waals surface area contributed by atoms with Gasteiger partial charge in [-0.15, -0.1) is 5.10 Å². The molecule has 1 saturated heterocycles. The third-order valence-corrected chi connectivity index (χ3v) is 6.28.